The zero-order valence-electron chi connectivity index (χ0n) is 41.8. The van der Waals surface area contributed by atoms with Gasteiger partial charge in [0.1, 0.15) is 30.8 Å². The van der Waals surface area contributed by atoms with Gasteiger partial charge < -0.3 is 55.0 Å². The summed E-state index contributed by atoms with van der Waals surface area (Å²) in [6.07, 6.45) is 1.67. The average molecular weight is 985 g/mol. The van der Waals surface area contributed by atoms with Crippen molar-refractivity contribution in [2.45, 2.75) is 155 Å². The fraction of sp³-hybridized carbons (Fsp3) is 0.653. The van der Waals surface area contributed by atoms with E-state index in [-0.39, 0.29) is 62.4 Å². The number of benzene rings is 1. The molecule has 2 saturated heterocycles. The van der Waals surface area contributed by atoms with Crippen LogP contribution >= 0.6 is 0 Å². The summed E-state index contributed by atoms with van der Waals surface area (Å²) >= 11 is 0. The number of nitrogens with one attached hydrogen (secondary N) is 4. The van der Waals surface area contributed by atoms with Gasteiger partial charge in [-0.15, -0.1) is 0 Å². The molecule has 3 unspecified atom stereocenters. The molecule has 0 radical (unpaired) electrons. The second-order valence-electron chi connectivity index (χ2n) is 18.7. The molecule has 7 amide bonds. The quantitative estimate of drug-likeness (QED) is 0.0613. The molecule has 3 heterocycles. The van der Waals surface area contributed by atoms with Gasteiger partial charge in [0, 0.05) is 57.4 Å². The molecule has 4 rings (SSSR count). The molecule has 0 saturated carbocycles. The first-order chi connectivity index (χ1) is 33.1. The number of methoxy groups -OCH3 is 1. The summed E-state index contributed by atoms with van der Waals surface area (Å²) in [6, 6.07) is 0.732. The molecule has 1 aromatic rings. The maximum Gasteiger partial charge on any atom is 0.302 e. The van der Waals surface area contributed by atoms with E-state index in [1.807, 2.05) is 13.8 Å². The third-order valence-corrected chi connectivity index (χ3v) is 12.6. The number of rotatable bonds is 27. The van der Waals surface area contributed by atoms with Gasteiger partial charge in [-0.25, -0.2) is 0 Å². The van der Waals surface area contributed by atoms with Crippen molar-refractivity contribution in [2.75, 3.05) is 45.3 Å². The molecule has 2 fully saturated rings. The number of carbonyl (C=O) groups excluding carboxylic acids is 9. The van der Waals surface area contributed by atoms with Crippen LogP contribution in [0, 0.1) is 11.8 Å². The smallest absolute Gasteiger partial charge is 0.302 e. The summed E-state index contributed by atoms with van der Waals surface area (Å²) in [5.74, 6) is -5.94. The first-order valence-electron chi connectivity index (χ1n) is 23.9. The van der Waals surface area contributed by atoms with Crippen molar-refractivity contribution in [3.63, 3.8) is 0 Å². The number of ketones is 1. The third kappa shape index (κ3) is 16.8. The molecule has 70 heavy (non-hydrogen) atoms. The second kappa shape index (κ2) is 27.1. The zero-order valence-corrected chi connectivity index (χ0v) is 41.8. The lowest BCUT2D eigenvalue weighted by atomic mass is 9.86. The number of hydrogen-bond donors (Lipinski definition) is 5. The van der Waals surface area contributed by atoms with Crippen molar-refractivity contribution < 1.29 is 71.9 Å². The Labute approximate surface area is 409 Å². The number of Topliss-reactive ketones (excluding diaryl/α,β-unsaturated/α-hetero) is 1. The van der Waals surface area contributed by atoms with E-state index in [0.717, 1.165) is 22.6 Å². The largest absolute Gasteiger partial charge is 0.461 e. The van der Waals surface area contributed by atoms with Gasteiger partial charge in [-0.3, -0.25) is 48.1 Å². The van der Waals surface area contributed by atoms with E-state index in [0.29, 0.717) is 50.1 Å². The van der Waals surface area contributed by atoms with Crippen molar-refractivity contribution in [3.8, 4) is 0 Å². The van der Waals surface area contributed by atoms with E-state index in [4.69, 9.17) is 23.7 Å². The highest BCUT2D eigenvalue weighted by Crippen LogP contribution is 2.30. The van der Waals surface area contributed by atoms with E-state index in [1.165, 1.54) is 25.7 Å². The number of nitrogens with zero attached hydrogens (tertiary/aromatic N) is 2. The SMILES string of the molecule is COCC(C)OCCC(C)OCCC(=O)NC[C@@H]1CC(N2C(=O)C=CC2=O)C(=O)N1CC(=O)N[C@H](C(=O)N[C@@H](C)C(=O)Nc1ccc(COC(C)=O)c(CC[C@H]2C[C@@H](O)[C@H](C)[C@@H](C(C)=O)O2)c1)C(C)C. The highest BCUT2D eigenvalue weighted by molar-refractivity contribution is 6.15. The number of anilines is 1. The Morgan fingerprint density at radius 3 is 2.20 bits per heavy atom. The van der Waals surface area contributed by atoms with Crippen molar-refractivity contribution in [1.29, 1.82) is 0 Å². The number of hydrogen-bond acceptors (Lipinski definition) is 15. The highest BCUT2D eigenvalue weighted by atomic mass is 16.5. The van der Waals surface area contributed by atoms with Gasteiger partial charge in [0.25, 0.3) is 11.8 Å². The number of aliphatic hydroxyl groups excluding tert-OH is 1. The lowest BCUT2D eigenvalue weighted by Gasteiger charge is -2.37. The van der Waals surface area contributed by atoms with Gasteiger partial charge in [-0.1, -0.05) is 26.8 Å². The Bertz CT molecular complexity index is 2060. The number of aryl methyl sites for hydroxylation is 1. The average Bonchev–Trinajstić information content (AvgIpc) is 3.78. The Morgan fingerprint density at radius 1 is 0.871 bits per heavy atom. The Balaban J connectivity index is 1.36. The van der Waals surface area contributed by atoms with Crippen molar-refractivity contribution >= 4 is 58.8 Å². The molecule has 21 heteroatoms. The Hall–Kier alpha value is -5.61. The Morgan fingerprint density at radius 2 is 1.56 bits per heavy atom. The number of imide groups is 1. The first kappa shape index (κ1) is 57.0. The topological polar surface area (TPSA) is 275 Å². The van der Waals surface area contributed by atoms with Crippen LogP contribution in [0.4, 0.5) is 5.69 Å². The van der Waals surface area contributed by atoms with Gasteiger partial charge in [0.15, 0.2) is 5.78 Å². The van der Waals surface area contributed by atoms with Crippen LogP contribution in [0.2, 0.25) is 0 Å². The maximum absolute atomic E-state index is 13.8. The van der Waals surface area contributed by atoms with E-state index in [2.05, 4.69) is 21.3 Å². The van der Waals surface area contributed by atoms with Crippen LogP contribution in [0.1, 0.15) is 98.6 Å². The maximum atomic E-state index is 13.8. The summed E-state index contributed by atoms with van der Waals surface area (Å²) in [5.41, 5.74) is 1.77. The van der Waals surface area contributed by atoms with E-state index < -0.39 is 96.4 Å². The molecule has 21 nitrogen and oxygen atoms in total. The molecule has 1 aromatic carbocycles. The van der Waals surface area contributed by atoms with Crippen LogP contribution in [0.3, 0.4) is 0 Å². The molecule has 388 valence electrons. The van der Waals surface area contributed by atoms with Crippen LogP contribution < -0.4 is 21.3 Å². The Kier molecular flexibility index (Phi) is 22.1. The molecule has 3 aliphatic rings. The lowest BCUT2D eigenvalue weighted by Crippen LogP contribution is -2.56. The first-order valence-corrected chi connectivity index (χ1v) is 23.9. The van der Waals surface area contributed by atoms with Crippen LogP contribution in [0.15, 0.2) is 30.4 Å². The normalized spacial score (nSPS) is 22.9. The monoisotopic (exact) mass is 985 g/mol. The molecule has 10 atom stereocenters. The summed E-state index contributed by atoms with van der Waals surface area (Å²) in [6.45, 7) is 13.4. The van der Waals surface area contributed by atoms with Gasteiger partial charge in [-0.2, -0.15) is 0 Å². The number of ether oxygens (including phenoxy) is 5. The summed E-state index contributed by atoms with van der Waals surface area (Å²) in [4.78, 5) is 119. The van der Waals surface area contributed by atoms with E-state index in [1.54, 1.807) is 46.1 Å². The minimum atomic E-state index is -1.23. The lowest BCUT2D eigenvalue weighted by molar-refractivity contribution is -0.158. The summed E-state index contributed by atoms with van der Waals surface area (Å²) < 4.78 is 27.8. The van der Waals surface area contributed by atoms with Gasteiger partial charge in [0.2, 0.25) is 29.5 Å². The predicted octanol–water partition coefficient (Wildman–Crippen LogP) is 1.26. The van der Waals surface area contributed by atoms with Gasteiger partial charge >= 0.3 is 5.97 Å². The molecular formula is C49H72N6O15. The van der Waals surface area contributed by atoms with Crippen LogP contribution in [0.5, 0.6) is 0 Å². The molecule has 0 aromatic heterocycles. The number of aliphatic hydroxyl groups is 1. The zero-order chi connectivity index (χ0) is 51.8. The summed E-state index contributed by atoms with van der Waals surface area (Å²) in [5, 5.41) is 21.5. The molecular weight excluding hydrogens is 913 g/mol. The number of carbonyl (C=O) groups is 9. The fourth-order valence-corrected chi connectivity index (χ4v) is 8.49. The van der Waals surface area contributed by atoms with Crippen LogP contribution in [-0.4, -0.2) is 163 Å². The van der Waals surface area contributed by atoms with Gasteiger partial charge in [0.05, 0.1) is 50.2 Å². The molecule has 5 N–H and O–H groups in total. The highest BCUT2D eigenvalue weighted by Gasteiger charge is 2.47. The van der Waals surface area contributed by atoms with Crippen LogP contribution in [-0.2, 0) is 79.9 Å². The van der Waals surface area contributed by atoms with Crippen molar-refractivity contribution in [1.82, 2.24) is 25.8 Å². The van der Waals surface area contributed by atoms with Gasteiger partial charge in [-0.05, 0) is 89.0 Å². The van der Waals surface area contributed by atoms with E-state index >= 15 is 0 Å². The number of amides is 7. The van der Waals surface area contributed by atoms with Crippen molar-refractivity contribution in [3.05, 3.63) is 41.5 Å². The molecule has 3 aliphatic heterocycles. The number of likely N-dealkylation sites (tertiary alicyclic amines) is 1. The molecule has 0 aliphatic carbocycles. The van der Waals surface area contributed by atoms with E-state index in [9.17, 15) is 48.3 Å². The minimum Gasteiger partial charge on any atom is -0.461 e. The predicted molar refractivity (Wildman–Crippen MR) is 252 cm³/mol. The van der Waals surface area contributed by atoms with Crippen LogP contribution in [0.25, 0.3) is 0 Å². The standard InChI is InChI=1S/C49H72N6O15/c1-27(2)45(48(64)51-31(6)47(63)52-36-12-10-35(26-69-33(8)57)34(20-36)11-13-38-22-40(58)30(5)46(70-38)32(7)56)53-42(60)24-54-37(21-39(49(54)65)55-43(61)14-15-44(55)62)23-50-41(59)17-19-67-28(3)16-18-68-29(4)25-66-9/h10,12,14-15,20,27-31,37-40,45-46,58H,11,13,16-19,21-26H2,1-9H3,(H,50,59)(H,51,64)(H,52,63)(H,53,60)/t28?,29?,30-,31-,37-,38-,39?,40+,45-,46-/m0/s1. The molecule has 0 spiro atoms. The third-order valence-electron chi connectivity index (χ3n) is 12.6. The summed E-state index contributed by atoms with van der Waals surface area (Å²) in [7, 11) is 1.59. The minimum absolute atomic E-state index is 0.00194. The second-order valence-corrected chi connectivity index (χ2v) is 18.7. The van der Waals surface area contributed by atoms with Crippen molar-refractivity contribution in [2.24, 2.45) is 11.8 Å². The molecule has 0 bridgehead atoms. The fourth-order valence-electron chi connectivity index (χ4n) is 8.49. The number of esters is 1.